The van der Waals surface area contributed by atoms with Gasteiger partial charge in [0.15, 0.2) is 0 Å². The van der Waals surface area contributed by atoms with Crippen LogP contribution in [0.3, 0.4) is 0 Å². The quantitative estimate of drug-likeness (QED) is 0.865. The second kappa shape index (κ2) is 6.97. The minimum Gasteiger partial charge on any atom is -0.372 e. The number of alkyl halides is 3. The van der Waals surface area contributed by atoms with Crippen LogP contribution in [0.15, 0.2) is 18.2 Å². The van der Waals surface area contributed by atoms with Gasteiger partial charge in [-0.3, -0.25) is 0 Å². The van der Waals surface area contributed by atoms with Crippen molar-refractivity contribution < 1.29 is 13.2 Å². The van der Waals surface area contributed by atoms with Gasteiger partial charge in [-0.25, -0.2) is 0 Å². The summed E-state index contributed by atoms with van der Waals surface area (Å²) in [6.07, 6.45) is -4.09. The number of nitrogens with zero attached hydrogens (tertiary/aromatic N) is 1. The molecule has 0 radical (unpaired) electrons. The van der Waals surface area contributed by atoms with Gasteiger partial charge in [-0.2, -0.15) is 13.2 Å². The average molecular weight is 288 g/mol. The smallest absolute Gasteiger partial charge is 0.372 e. The first-order valence-electron chi connectivity index (χ1n) is 6.94. The molecule has 0 aliphatic heterocycles. The third-order valence-electron chi connectivity index (χ3n) is 3.14. The highest BCUT2D eigenvalue weighted by Gasteiger charge is 2.33. The monoisotopic (exact) mass is 288 g/mol. The molecule has 0 bridgehead atoms. The van der Waals surface area contributed by atoms with Crippen LogP contribution in [-0.4, -0.2) is 19.6 Å². The topological polar surface area (TPSA) is 29.3 Å². The van der Waals surface area contributed by atoms with E-state index in [0.717, 1.165) is 6.54 Å². The zero-order chi connectivity index (χ0) is 15.3. The molecule has 2 N–H and O–H groups in total. The van der Waals surface area contributed by atoms with Gasteiger partial charge in [0.05, 0.1) is 5.56 Å². The van der Waals surface area contributed by atoms with Gasteiger partial charge in [0.1, 0.15) is 0 Å². The molecule has 0 saturated heterocycles. The lowest BCUT2D eigenvalue weighted by atomic mass is 10.0. The second-order valence-electron chi connectivity index (χ2n) is 5.31. The van der Waals surface area contributed by atoms with E-state index in [1.165, 1.54) is 6.07 Å². The summed E-state index contributed by atoms with van der Waals surface area (Å²) in [4.78, 5) is 1.96. The Morgan fingerprint density at radius 3 is 2.35 bits per heavy atom. The van der Waals surface area contributed by atoms with Gasteiger partial charge < -0.3 is 10.6 Å². The van der Waals surface area contributed by atoms with Gasteiger partial charge in [0, 0.05) is 18.8 Å². The van der Waals surface area contributed by atoms with Crippen molar-refractivity contribution in [3.8, 4) is 0 Å². The Morgan fingerprint density at radius 1 is 1.25 bits per heavy atom. The average Bonchev–Trinajstić information content (AvgIpc) is 2.35. The Balaban J connectivity index is 3.17. The van der Waals surface area contributed by atoms with E-state index in [9.17, 15) is 13.2 Å². The van der Waals surface area contributed by atoms with Crippen molar-refractivity contribution in [1.82, 2.24) is 0 Å². The van der Waals surface area contributed by atoms with E-state index < -0.39 is 11.7 Å². The van der Waals surface area contributed by atoms with Crippen molar-refractivity contribution in [3.05, 3.63) is 29.3 Å². The second-order valence-corrected chi connectivity index (χ2v) is 5.31. The number of hydrogen-bond donors (Lipinski definition) is 1. The lowest BCUT2D eigenvalue weighted by Crippen LogP contribution is -2.27. The number of halogens is 3. The molecule has 0 spiro atoms. The molecule has 0 aliphatic rings. The summed E-state index contributed by atoms with van der Waals surface area (Å²) >= 11 is 0. The Kier molecular flexibility index (Phi) is 5.87. The van der Waals surface area contributed by atoms with E-state index >= 15 is 0 Å². The highest BCUT2D eigenvalue weighted by Crippen LogP contribution is 2.35. The lowest BCUT2D eigenvalue weighted by Gasteiger charge is -2.26. The van der Waals surface area contributed by atoms with Gasteiger partial charge in [0.25, 0.3) is 0 Å². The molecule has 1 aromatic carbocycles. The summed E-state index contributed by atoms with van der Waals surface area (Å²) < 4.78 is 39.4. The van der Waals surface area contributed by atoms with E-state index in [0.29, 0.717) is 18.2 Å². The lowest BCUT2D eigenvalue weighted by molar-refractivity contribution is -0.138. The van der Waals surface area contributed by atoms with E-state index in [4.69, 9.17) is 5.73 Å². The van der Waals surface area contributed by atoms with Crippen molar-refractivity contribution in [2.24, 2.45) is 11.7 Å². The molecule has 20 heavy (non-hydrogen) atoms. The third kappa shape index (κ3) is 4.40. The zero-order valence-corrected chi connectivity index (χ0v) is 12.3. The van der Waals surface area contributed by atoms with Crippen LogP contribution in [0.4, 0.5) is 18.9 Å². The number of anilines is 1. The van der Waals surface area contributed by atoms with E-state index in [1.807, 2.05) is 11.8 Å². The standard InChI is InChI=1S/C15H23F3N2/c1-4-20(10-11(2)3)13-6-5-12(7-8-19)14(9-13)15(16,17)18/h5-6,9,11H,4,7-8,10,19H2,1-3H3. The van der Waals surface area contributed by atoms with Gasteiger partial charge in [-0.15, -0.1) is 0 Å². The van der Waals surface area contributed by atoms with Gasteiger partial charge in [-0.1, -0.05) is 19.9 Å². The highest BCUT2D eigenvalue weighted by atomic mass is 19.4. The highest BCUT2D eigenvalue weighted by molar-refractivity contribution is 5.52. The fraction of sp³-hybridized carbons (Fsp3) is 0.600. The van der Waals surface area contributed by atoms with Crippen LogP contribution in [0.25, 0.3) is 0 Å². The van der Waals surface area contributed by atoms with Crippen molar-refractivity contribution in [1.29, 1.82) is 0 Å². The predicted octanol–water partition coefficient (Wildman–Crippen LogP) is 3.69. The molecule has 0 heterocycles. The maximum absolute atomic E-state index is 13.1. The molecule has 2 nitrogen and oxygen atoms in total. The molecule has 1 rings (SSSR count). The minimum absolute atomic E-state index is 0.214. The largest absolute Gasteiger partial charge is 0.416 e. The van der Waals surface area contributed by atoms with Crippen molar-refractivity contribution in [2.45, 2.75) is 33.4 Å². The van der Waals surface area contributed by atoms with Crippen molar-refractivity contribution >= 4 is 5.69 Å². The van der Waals surface area contributed by atoms with E-state index in [-0.39, 0.29) is 18.5 Å². The van der Waals surface area contributed by atoms with Gasteiger partial charge >= 0.3 is 6.18 Å². The SMILES string of the molecule is CCN(CC(C)C)c1ccc(CCN)c(C(F)(F)F)c1. The molecule has 0 aliphatic carbocycles. The van der Waals surface area contributed by atoms with E-state index in [2.05, 4.69) is 13.8 Å². The van der Waals surface area contributed by atoms with Crippen LogP contribution >= 0.6 is 0 Å². The fourth-order valence-electron chi connectivity index (χ4n) is 2.26. The molecule has 0 saturated carbocycles. The molecular weight excluding hydrogens is 265 g/mol. The van der Waals surface area contributed by atoms with Crippen LogP contribution in [0.5, 0.6) is 0 Å². The fourth-order valence-corrected chi connectivity index (χ4v) is 2.26. The Morgan fingerprint density at radius 2 is 1.90 bits per heavy atom. The first-order chi connectivity index (χ1) is 9.29. The normalized spacial score (nSPS) is 12.0. The van der Waals surface area contributed by atoms with Crippen molar-refractivity contribution in [2.75, 3.05) is 24.5 Å². The molecule has 5 heteroatoms. The number of rotatable bonds is 6. The summed E-state index contributed by atoms with van der Waals surface area (Å²) in [5.74, 6) is 0.396. The predicted molar refractivity (Wildman–Crippen MR) is 76.9 cm³/mol. The zero-order valence-electron chi connectivity index (χ0n) is 12.3. The van der Waals surface area contributed by atoms with E-state index in [1.54, 1.807) is 12.1 Å². The molecule has 0 atom stereocenters. The molecule has 0 fully saturated rings. The van der Waals surface area contributed by atoms with Gasteiger partial charge in [-0.05, 0) is 43.5 Å². The van der Waals surface area contributed by atoms with Crippen molar-refractivity contribution in [3.63, 3.8) is 0 Å². The molecular formula is C15H23F3N2. The summed E-state index contributed by atoms with van der Waals surface area (Å²) in [6, 6.07) is 4.55. The summed E-state index contributed by atoms with van der Waals surface area (Å²) in [5.41, 5.74) is 5.71. The third-order valence-corrected chi connectivity index (χ3v) is 3.14. The van der Waals surface area contributed by atoms with Crippen LogP contribution in [0.1, 0.15) is 31.9 Å². The summed E-state index contributed by atoms with van der Waals surface area (Å²) in [5, 5.41) is 0. The molecule has 114 valence electrons. The molecule has 0 aromatic heterocycles. The Bertz CT molecular complexity index is 428. The summed E-state index contributed by atoms with van der Waals surface area (Å²) in [7, 11) is 0. The molecule has 1 aromatic rings. The Hall–Kier alpha value is -1.23. The maximum Gasteiger partial charge on any atom is 0.416 e. The Labute approximate surface area is 118 Å². The first kappa shape index (κ1) is 16.8. The van der Waals surface area contributed by atoms with Crippen LogP contribution in [0.2, 0.25) is 0 Å². The van der Waals surface area contributed by atoms with Crippen LogP contribution in [0, 0.1) is 5.92 Å². The van der Waals surface area contributed by atoms with Crippen LogP contribution in [-0.2, 0) is 12.6 Å². The number of hydrogen-bond acceptors (Lipinski definition) is 2. The van der Waals surface area contributed by atoms with Gasteiger partial charge in [0.2, 0.25) is 0 Å². The molecule has 0 unspecified atom stereocenters. The minimum atomic E-state index is -4.34. The number of nitrogens with two attached hydrogens (primary N) is 1. The number of benzene rings is 1. The maximum atomic E-state index is 13.1. The molecule has 0 amide bonds. The van der Waals surface area contributed by atoms with Crippen LogP contribution < -0.4 is 10.6 Å². The first-order valence-corrected chi connectivity index (χ1v) is 6.94. The summed E-state index contributed by atoms with van der Waals surface area (Å²) in [6.45, 7) is 7.69.